The normalized spacial score (nSPS) is 14.9. The lowest BCUT2D eigenvalue weighted by atomic mass is 10.1. The van der Waals surface area contributed by atoms with Crippen LogP contribution in [0.25, 0.3) is 6.08 Å². The van der Waals surface area contributed by atoms with E-state index >= 15 is 0 Å². The van der Waals surface area contributed by atoms with E-state index in [0.717, 1.165) is 0 Å². The van der Waals surface area contributed by atoms with Gasteiger partial charge in [0.05, 0.1) is 16.4 Å². The van der Waals surface area contributed by atoms with Gasteiger partial charge in [0.15, 0.2) is 18.1 Å². The number of hydrogen-bond acceptors (Lipinski definition) is 5. The Morgan fingerprint density at radius 3 is 2.67 bits per heavy atom. The summed E-state index contributed by atoms with van der Waals surface area (Å²) in [6, 6.07) is 14.1. The molecule has 1 fully saturated rings. The quantitative estimate of drug-likeness (QED) is 0.408. The van der Waals surface area contributed by atoms with Crippen molar-refractivity contribution in [3.8, 4) is 17.6 Å². The minimum absolute atomic E-state index is 0.0161. The Morgan fingerprint density at radius 1 is 1.26 bits per heavy atom. The number of methoxy groups -OCH3 is 1. The highest BCUT2D eigenvalue weighted by Gasteiger charge is 2.34. The number of anilines is 1. The molecule has 1 saturated heterocycles. The third-order valence-corrected chi connectivity index (χ3v) is 4.55. The van der Waals surface area contributed by atoms with Crippen molar-refractivity contribution in [1.82, 2.24) is 5.43 Å². The number of nitrogens with zero attached hydrogens (tertiary/aromatic N) is 2. The number of ether oxygens (including phenoxy) is 2. The van der Waals surface area contributed by atoms with Gasteiger partial charge in [0.25, 0.3) is 11.8 Å². The highest BCUT2D eigenvalue weighted by molar-refractivity contribution is 14.1. The number of carbonyl (C=O) groups is 2. The second kappa shape index (κ2) is 8.09. The topological polar surface area (TPSA) is 91.7 Å². The van der Waals surface area contributed by atoms with Crippen LogP contribution in [0.1, 0.15) is 5.56 Å². The van der Waals surface area contributed by atoms with Crippen LogP contribution in [0, 0.1) is 14.9 Å². The van der Waals surface area contributed by atoms with E-state index in [2.05, 4.69) is 5.43 Å². The number of carbonyl (C=O) groups excluding carboxylic acids is 2. The van der Waals surface area contributed by atoms with Gasteiger partial charge in [-0.1, -0.05) is 18.2 Å². The van der Waals surface area contributed by atoms with Crippen LogP contribution in [0.5, 0.6) is 11.5 Å². The molecule has 2 aromatic rings. The molecular weight excluding hydrogens is 461 g/mol. The van der Waals surface area contributed by atoms with Crippen molar-refractivity contribution in [3.63, 3.8) is 0 Å². The van der Waals surface area contributed by atoms with E-state index in [1.54, 1.807) is 36.4 Å². The van der Waals surface area contributed by atoms with Gasteiger partial charge < -0.3 is 9.47 Å². The molecule has 27 heavy (non-hydrogen) atoms. The molecule has 0 aliphatic carbocycles. The van der Waals surface area contributed by atoms with Crippen LogP contribution in [0.4, 0.5) is 5.69 Å². The summed E-state index contributed by atoms with van der Waals surface area (Å²) in [5, 5.41) is 9.90. The third kappa shape index (κ3) is 3.88. The Morgan fingerprint density at radius 2 is 2.00 bits per heavy atom. The molecule has 136 valence electrons. The van der Waals surface area contributed by atoms with Gasteiger partial charge in [-0.2, -0.15) is 5.26 Å². The Hall–Kier alpha value is -3.06. The maximum Gasteiger partial charge on any atom is 0.282 e. The molecule has 2 aromatic carbocycles. The minimum Gasteiger partial charge on any atom is -0.493 e. The zero-order chi connectivity index (χ0) is 19.4. The van der Waals surface area contributed by atoms with Crippen LogP contribution >= 0.6 is 22.6 Å². The molecular formula is C19H14IN3O4. The fourth-order valence-electron chi connectivity index (χ4n) is 2.55. The van der Waals surface area contributed by atoms with Crippen molar-refractivity contribution in [3.05, 3.63) is 57.2 Å². The second-order valence-corrected chi connectivity index (χ2v) is 6.62. The number of hydrogen-bond donors (Lipinski definition) is 1. The summed E-state index contributed by atoms with van der Waals surface area (Å²) >= 11 is 2.05. The average Bonchev–Trinajstić information content (AvgIpc) is 2.95. The first-order valence-corrected chi connectivity index (χ1v) is 8.92. The van der Waals surface area contributed by atoms with Gasteiger partial charge in [0.2, 0.25) is 0 Å². The molecule has 0 saturated carbocycles. The molecule has 0 unspecified atom stereocenters. The fourth-order valence-corrected chi connectivity index (χ4v) is 3.33. The van der Waals surface area contributed by atoms with Crippen molar-refractivity contribution < 1.29 is 19.1 Å². The van der Waals surface area contributed by atoms with Gasteiger partial charge >= 0.3 is 0 Å². The van der Waals surface area contributed by atoms with E-state index in [9.17, 15) is 9.59 Å². The number of hydrazine groups is 1. The predicted octanol–water partition coefficient (Wildman–Crippen LogP) is 2.66. The van der Waals surface area contributed by atoms with E-state index in [1.807, 2.05) is 34.7 Å². The molecule has 3 rings (SSSR count). The summed E-state index contributed by atoms with van der Waals surface area (Å²) in [7, 11) is 1.48. The number of nitrogens with one attached hydrogen (secondary N) is 1. The molecule has 0 atom stereocenters. The Bertz CT molecular complexity index is 967. The Labute approximate surface area is 169 Å². The van der Waals surface area contributed by atoms with E-state index < -0.39 is 11.8 Å². The molecule has 0 bridgehead atoms. The lowest BCUT2D eigenvalue weighted by Gasteiger charge is -2.14. The maximum absolute atomic E-state index is 12.6. The number of rotatable bonds is 5. The lowest BCUT2D eigenvalue weighted by Crippen LogP contribution is -2.35. The first kappa shape index (κ1) is 18.7. The third-order valence-electron chi connectivity index (χ3n) is 3.75. The van der Waals surface area contributed by atoms with Crippen LogP contribution in [0.2, 0.25) is 0 Å². The van der Waals surface area contributed by atoms with Crippen LogP contribution in [-0.2, 0) is 9.59 Å². The standard InChI is InChI=1S/C19H14IN3O4/c1-26-16-11-12(10-15(20)17(16)27-8-7-21)9-14-18(24)22-23(19(14)25)13-5-3-2-4-6-13/h2-6,9-11H,8H2,1H3,(H,22,24). The van der Waals surface area contributed by atoms with Crippen molar-refractivity contribution in [2.24, 2.45) is 0 Å². The number of benzene rings is 2. The Balaban J connectivity index is 1.94. The Kier molecular flexibility index (Phi) is 5.61. The van der Waals surface area contributed by atoms with Gasteiger partial charge in [-0.15, -0.1) is 0 Å². The van der Waals surface area contributed by atoms with Crippen molar-refractivity contribution in [1.29, 1.82) is 5.26 Å². The van der Waals surface area contributed by atoms with E-state index in [4.69, 9.17) is 14.7 Å². The van der Waals surface area contributed by atoms with Crippen LogP contribution < -0.4 is 19.9 Å². The monoisotopic (exact) mass is 475 g/mol. The van der Waals surface area contributed by atoms with E-state index in [-0.39, 0.29) is 12.2 Å². The first-order chi connectivity index (χ1) is 13.0. The summed E-state index contributed by atoms with van der Waals surface area (Å²) in [5.41, 5.74) is 3.75. The highest BCUT2D eigenvalue weighted by atomic mass is 127. The van der Waals surface area contributed by atoms with Gasteiger partial charge in [-0.25, -0.2) is 5.01 Å². The molecule has 1 aliphatic rings. The predicted molar refractivity (Wildman–Crippen MR) is 107 cm³/mol. The zero-order valence-electron chi connectivity index (χ0n) is 14.2. The molecule has 2 amide bonds. The molecule has 1 N–H and O–H groups in total. The van der Waals surface area contributed by atoms with Crippen LogP contribution in [0.15, 0.2) is 48.0 Å². The second-order valence-electron chi connectivity index (χ2n) is 5.46. The smallest absolute Gasteiger partial charge is 0.282 e. The molecule has 1 aliphatic heterocycles. The largest absolute Gasteiger partial charge is 0.493 e. The van der Waals surface area contributed by atoms with Gasteiger partial charge in [0, 0.05) is 0 Å². The lowest BCUT2D eigenvalue weighted by molar-refractivity contribution is -0.117. The number of para-hydroxylation sites is 1. The number of amides is 2. The van der Waals surface area contributed by atoms with Crippen molar-refractivity contribution >= 4 is 46.2 Å². The number of halogens is 1. The number of nitriles is 1. The summed E-state index contributed by atoms with van der Waals surface area (Å²) < 4.78 is 11.4. The molecule has 0 radical (unpaired) electrons. The summed E-state index contributed by atoms with van der Waals surface area (Å²) in [4.78, 5) is 24.9. The van der Waals surface area contributed by atoms with E-state index in [1.165, 1.54) is 18.2 Å². The van der Waals surface area contributed by atoms with Crippen LogP contribution in [-0.4, -0.2) is 25.5 Å². The molecule has 0 aromatic heterocycles. The van der Waals surface area contributed by atoms with Crippen molar-refractivity contribution in [2.45, 2.75) is 0 Å². The van der Waals surface area contributed by atoms with Gasteiger partial charge in [0.1, 0.15) is 11.6 Å². The maximum atomic E-state index is 12.6. The zero-order valence-corrected chi connectivity index (χ0v) is 16.4. The first-order valence-electron chi connectivity index (χ1n) is 7.84. The van der Waals surface area contributed by atoms with Crippen LogP contribution in [0.3, 0.4) is 0 Å². The van der Waals surface area contributed by atoms with Crippen molar-refractivity contribution in [2.75, 3.05) is 18.7 Å². The summed E-state index contributed by atoms with van der Waals surface area (Å²) in [6.07, 6.45) is 1.50. The van der Waals surface area contributed by atoms with Gasteiger partial charge in [-0.05, 0) is 58.5 Å². The summed E-state index contributed by atoms with van der Waals surface area (Å²) in [5.74, 6) is -0.0719. The van der Waals surface area contributed by atoms with Gasteiger partial charge in [-0.3, -0.25) is 15.0 Å². The molecule has 7 nitrogen and oxygen atoms in total. The SMILES string of the molecule is COc1cc(C=C2C(=O)NN(c3ccccc3)C2=O)cc(I)c1OCC#N. The highest BCUT2D eigenvalue weighted by Crippen LogP contribution is 2.35. The molecule has 1 heterocycles. The van der Waals surface area contributed by atoms with E-state index in [0.29, 0.717) is 26.3 Å². The summed E-state index contributed by atoms with van der Waals surface area (Å²) in [6.45, 7) is -0.111. The fraction of sp³-hybridized carbons (Fsp3) is 0.105. The minimum atomic E-state index is -0.484. The average molecular weight is 475 g/mol. The molecule has 8 heteroatoms. The molecule has 0 spiro atoms.